The minimum atomic E-state index is 0.318. The van der Waals surface area contributed by atoms with Gasteiger partial charge in [-0.05, 0) is 18.9 Å². The molecule has 0 aliphatic rings. The van der Waals surface area contributed by atoms with Crippen molar-refractivity contribution < 1.29 is 0 Å². The lowest BCUT2D eigenvalue weighted by atomic mass is 10.1. The van der Waals surface area contributed by atoms with Crippen molar-refractivity contribution in [1.29, 1.82) is 0 Å². The van der Waals surface area contributed by atoms with Gasteiger partial charge in [-0.3, -0.25) is 0 Å². The van der Waals surface area contributed by atoms with Crippen LogP contribution in [0.1, 0.15) is 37.7 Å². The largest absolute Gasteiger partial charge is 0.303 e. The van der Waals surface area contributed by atoms with E-state index in [1.807, 2.05) is 10.7 Å². The molecule has 0 saturated carbocycles. The van der Waals surface area contributed by atoms with Gasteiger partial charge in [0.2, 0.25) is 0 Å². The lowest BCUT2D eigenvalue weighted by Crippen LogP contribution is -2.21. The van der Waals surface area contributed by atoms with Crippen LogP contribution >= 0.6 is 0 Å². The molecule has 0 aliphatic carbocycles. The van der Waals surface area contributed by atoms with Gasteiger partial charge in [-0.2, -0.15) is 5.10 Å². The second-order valence-corrected chi connectivity index (χ2v) is 4.41. The fourth-order valence-electron chi connectivity index (χ4n) is 1.93. The number of rotatable bonds is 6. The monoisotopic (exact) mass is 244 g/mol. The predicted molar refractivity (Wildman–Crippen MR) is 72.0 cm³/mol. The maximum Gasteiger partial charge on any atom is 0.140 e. The van der Waals surface area contributed by atoms with Gasteiger partial charge in [0.1, 0.15) is 12.2 Å². The summed E-state index contributed by atoms with van der Waals surface area (Å²) in [5.74, 6) is 1.000. The summed E-state index contributed by atoms with van der Waals surface area (Å²) >= 11 is 0. The Balaban J connectivity index is 1.93. The van der Waals surface area contributed by atoms with Crippen LogP contribution < -0.4 is 5.32 Å². The molecular weight excluding hydrogens is 224 g/mol. The maximum absolute atomic E-state index is 4.29. The highest BCUT2D eigenvalue weighted by Crippen LogP contribution is 2.11. The molecule has 96 valence electrons. The van der Waals surface area contributed by atoms with E-state index in [-0.39, 0.29) is 0 Å². The molecule has 1 heterocycles. The molecule has 4 heteroatoms. The highest BCUT2D eigenvalue weighted by atomic mass is 15.3. The number of benzene rings is 1. The van der Waals surface area contributed by atoms with Crippen molar-refractivity contribution in [1.82, 2.24) is 20.1 Å². The van der Waals surface area contributed by atoms with Gasteiger partial charge in [0.05, 0.1) is 6.54 Å². The van der Waals surface area contributed by atoms with Crippen LogP contribution in [0.2, 0.25) is 0 Å². The van der Waals surface area contributed by atoms with E-state index in [0.29, 0.717) is 6.04 Å². The molecule has 0 bridgehead atoms. The summed E-state index contributed by atoms with van der Waals surface area (Å²) in [5.41, 5.74) is 1.29. The quantitative estimate of drug-likeness (QED) is 0.849. The van der Waals surface area contributed by atoms with Crippen molar-refractivity contribution in [3.8, 4) is 0 Å². The molecule has 1 atom stereocenters. The lowest BCUT2D eigenvalue weighted by Gasteiger charge is -2.14. The Labute approximate surface area is 108 Å². The fourth-order valence-corrected chi connectivity index (χ4v) is 1.93. The first-order valence-corrected chi connectivity index (χ1v) is 6.46. The highest BCUT2D eigenvalue weighted by Gasteiger charge is 2.07. The lowest BCUT2D eigenvalue weighted by molar-refractivity contribution is 0.509. The Kier molecular flexibility index (Phi) is 4.47. The highest BCUT2D eigenvalue weighted by molar-refractivity contribution is 5.18. The van der Waals surface area contributed by atoms with Gasteiger partial charge in [0.25, 0.3) is 0 Å². The SMILES string of the molecule is CCCn1ncnc1CN[C@@H](C)c1ccccc1. The number of nitrogens with zero attached hydrogens (tertiary/aromatic N) is 3. The zero-order valence-corrected chi connectivity index (χ0v) is 11.0. The van der Waals surface area contributed by atoms with E-state index in [9.17, 15) is 0 Å². The van der Waals surface area contributed by atoms with E-state index < -0.39 is 0 Å². The first-order valence-electron chi connectivity index (χ1n) is 6.46. The summed E-state index contributed by atoms with van der Waals surface area (Å²) in [6.45, 7) is 5.98. The molecule has 0 spiro atoms. The molecule has 1 aromatic heterocycles. The first kappa shape index (κ1) is 12.8. The summed E-state index contributed by atoms with van der Waals surface area (Å²) in [6, 6.07) is 10.7. The van der Waals surface area contributed by atoms with Crippen LogP contribution in [0.15, 0.2) is 36.7 Å². The van der Waals surface area contributed by atoms with Crippen LogP contribution in [0.4, 0.5) is 0 Å². The van der Waals surface area contributed by atoms with Crippen molar-refractivity contribution in [3.05, 3.63) is 48.0 Å². The van der Waals surface area contributed by atoms with Crippen LogP contribution in [-0.2, 0) is 13.1 Å². The fraction of sp³-hybridized carbons (Fsp3) is 0.429. The van der Waals surface area contributed by atoms with E-state index >= 15 is 0 Å². The first-order chi connectivity index (χ1) is 8.81. The van der Waals surface area contributed by atoms with Crippen LogP contribution in [0.3, 0.4) is 0 Å². The minimum absolute atomic E-state index is 0.318. The van der Waals surface area contributed by atoms with Crippen molar-refractivity contribution in [2.75, 3.05) is 0 Å². The third kappa shape index (κ3) is 3.17. The van der Waals surface area contributed by atoms with E-state index in [1.54, 1.807) is 6.33 Å². The van der Waals surface area contributed by atoms with Gasteiger partial charge in [0, 0.05) is 12.6 Å². The molecule has 4 nitrogen and oxygen atoms in total. The van der Waals surface area contributed by atoms with Crippen molar-refractivity contribution in [2.24, 2.45) is 0 Å². The van der Waals surface area contributed by atoms with Gasteiger partial charge in [-0.15, -0.1) is 0 Å². The summed E-state index contributed by atoms with van der Waals surface area (Å²) in [7, 11) is 0. The maximum atomic E-state index is 4.29. The number of aromatic nitrogens is 3. The Morgan fingerprint density at radius 3 is 2.78 bits per heavy atom. The second kappa shape index (κ2) is 6.31. The number of hydrogen-bond donors (Lipinski definition) is 1. The Morgan fingerprint density at radius 2 is 2.06 bits per heavy atom. The smallest absolute Gasteiger partial charge is 0.140 e. The van der Waals surface area contributed by atoms with E-state index in [0.717, 1.165) is 25.3 Å². The Morgan fingerprint density at radius 1 is 1.28 bits per heavy atom. The summed E-state index contributed by atoms with van der Waals surface area (Å²) in [5, 5.41) is 7.70. The van der Waals surface area contributed by atoms with Crippen molar-refractivity contribution in [2.45, 2.75) is 39.4 Å². The average molecular weight is 244 g/mol. The summed E-state index contributed by atoms with van der Waals surface area (Å²) in [6.07, 6.45) is 2.70. The molecule has 2 aromatic rings. The third-order valence-electron chi connectivity index (χ3n) is 3.00. The zero-order chi connectivity index (χ0) is 12.8. The van der Waals surface area contributed by atoms with Crippen LogP contribution in [-0.4, -0.2) is 14.8 Å². The van der Waals surface area contributed by atoms with Crippen molar-refractivity contribution in [3.63, 3.8) is 0 Å². The van der Waals surface area contributed by atoms with Gasteiger partial charge >= 0.3 is 0 Å². The zero-order valence-electron chi connectivity index (χ0n) is 11.0. The average Bonchev–Trinajstić information content (AvgIpc) is 2.85. The summed E-state index contributed by atoms with van der Waals surface area (Å²) < 4.78 is 1.96. The Bertz CT molecular complexity index is 464. The number of nitrogens with one attached hydrogen (secondary N) is 1. The predicted octanol–water partition coefficient (Wildman–Crippen LogP) is 2.54. The van der Waals surface area contributed by atoms with Gasteiger partial charge in [0.15, 0.2) is 0 Å². The van der Waals surface area contributed by atoms with Crippen LogP contribution in [0, 0.1) is 0 Å². The van der Waals surface area contributed by atoms with Crippen LogP contribution in [0.25, 0.3) is 0 Å². The molecule has 0 saturated heterocycles. The Hall–Kier alpha value is -1.68. The molecule has 0 aliphatic heterocycles. The van der Waals surface area contributed by atoms with E-state index in [4.69, 9.17) is 0 Å². The molecule has 1 N–H and O–H groups in total. The van der Waals surface area contributed by atoms with Crippen molar-refractivity contribution >= 4 is 0 Å². The van der Waals surface area contributed by atoms with Gasteiger partial charge in [-0.1, -0.05) is 37.3 Å². The molecule has 0 amide bonds. The molecular formula is C14H20N4. The molecule has 0 fully saturated rings. The van der Waals surface area contributed by atoms with E-state index in [1.165, 1.54) is 5.56 Å². The molecule has 0 unspecified atom stereocenters. The molecule has 0 radical (unpaired) electrons. The van der Waals surface area contributed by atoms with Gasteiger partial charge in [-0.25, -0.2) is 9.67 Å². The second-order valence-electron chi connectivity index (χ2n) is 4.41. The molecule has 2 rings (SSSR count). The van der Waals surface area contributed by atoms with E-state index in [2.05, 4.69) is 53.5 Å². The molecule has 18 heavy (non-hydrogen) atoms. The number of aryl methyl sites for hydroxylation is 1. The summed E-state index contributed by atoms with van der Waals surface area (Å²) in [4.78, 5) is 4.29. The van der Waals surface area contributed by atoms with Crippen LogP contribution in [0.5, 0.6) is 0 Å². The minimum Gasteiger partial charge on any atom is -0.303 e. The normalized spacial score (nSPS) is 12.6. The molecule has 1 aromatic carbocycles. The topological polar surface area (TPSA) is 42.7 Å². The standard InChI is InChI=1S/C14H20N4/c1-3-9-18-14(16-11-17-18)10-15-12(2)13-7-5-4-6-8-13/h4-8,11-12,15H,3,9-10H2,1-2H3/t12-/m0/s1. The van der Waals surface area contributed by atoms with Gasteiger partial charge < -0.3 is 5.32 Å². The third-order valence-corrected chi connectivity index (χ3v) is 3.00. The number of hydrogen-bond acceptors (Lipinski definition) is 3.